The predicted octanol–water partition coefficient (Wildman–Crippen LogP) is 2.37. The highest BCUT2D eigenvalue weighted by molar-refractivity contribution is 7.99. The van der Waals surface area contributed by atoms with Crippen molar-refractivity contribution in [1.82, 2.24) is 0 Å². The van der Waals surface area contributed by atoms with Crippen molar-refractivity contribution in [2.75, 3.05) is 6.26 Å². The van der Waals surface area contributed by atoms with Crippen molar-refractivity contribution in [2.24, 2.45) is 11.8 Å². The highest BCUT2D eigenvalue weighted by Gasteiger charge is 2.42. The summed E-state index contributed by atoms with van der Waals surface area (Å²) in [5.41, 5.74) is 0.498. The van der Waals surface area contributed by atoms with Crippen molar-refractivity contribution in [3.63, 3.8) is 0 Å². The van der Waals surface area contributed by atoms with E-state index < -0.39 is 0 Å². The van der Waals surface area contributed by atoms with E-state index in [1.807, 2.05) is 11.8 Å². The Morgan fingerprint density at radius 1 is 1.30 bits per heavy atom. The van der Waals surface area contributed by atoms with Gasteiger partial charge in [0.2, 0.25) is 0 Å². The number of hydrogen-bond donors (Lipinski definition) is 0. The number of thioether (sulfide) groups is 1. The first-order valence-electron chi connectivity index (χ1n) is 3.85. The molecule has 1 rings (SSSR count). The lowest BCUT2D eigenvalue weighted by Gasteiger charge is -2.11. The second kappa shape index (κ2) is 3.14. The van der Waals surface area contributed by atoms with Gasteiger partial charge in [0.25, 0.3) is 0 Å². The molecule has 1 saturated heterocycles. The molecule has 1 nitrogen and oxygen atoms in total. The third-order valence-corrected chi connectivity index (χ3v) is 3.13. The fourth-order valence-corrected chi connectivity index (χ4v) is 1.81. The summed E-state index contributed by atoms with van der Waals surface area (Å²) >= 11 is 1.82. The van der Waals surface area contributed by atoms with Gasteiger partial charge in [0.1, 0.15) is 5.44 Å². The molecule has 3 unspecified atom stereocenters. The molecular formula is C8H16OS. The second-order valence-corrected chi connectivity index (χ2v) is 4.24. The molecule has 0 radical (unpaired) electrons. The van der Waals surface area contributed by atoms with Crippen LogP contribution in [0.15, 0.2) is 0 Å². The summed E-state index contributed by atoms with van der Waals surface area (Å²) < 4.78 is 5.45. The topological polar surface area (TPSA) is 12.5 Å². The van der Waals surface area contributed by atoms with Gasteiger partial charge in [-0.25, -0.2) is 0 Å². The van der Waals surface area contributed by atoms with E-state index >= 15 is 0 Å². The van der Waals surface area contributed by atoms with E-state index in [2.05, 4.69) is 27.0 Å². The normalized spacial score (nSPS) is 34.5. The lowest BCUT2D eigenvalue weighted by atomic mass is 9.95. The average Bonchev–Trinajstić information content (AvgIpc) is 2.64. The highest BCUT2D eigenvalue weighted by atomic mass is 32.2. The molecule has 3 atom stereocenters. The van der Waals surface area contributed by atoms with Crippen LogP contribution in [0.5, 0.6) is 0 Å². The van der Waals surface area contributed by atoms with E-state index in [4.69, 9.17) is 4.74 Å². The number of ether oxygens (including phenoxy) is 1. The number of epoxide rings is 1. The zero-order valence-corrected chi connectivity index (χ0v) is 7.94. The molecule has 0 N–H and O–H groups in total. The first-order valence-corrected chi connectivity index (χ1v) is 5.14. The van der Waals surface area contributed by atoms with Crippen molar-refractivity contribution in [3.8, 4) is 0 Å². The number of hydrogen-bond acceptors (Lipinski definition) is 2. The molecule has 0 aromatic rings. The molecule has 0 saturated carbocycles. The number of rotatable bonds is 3. The van der Waals surface area contributed by atoms with Gasteiger partial charge in [-0.3, -0.25) is 0 Å². The molecule has 0 amide bonds. The maximum Gasteiger partial charge on any atom is 0.130 e. The summed E-state index contributed by atoms with van der Waals surface area (Å²) in [5, 5.41) is 0. The van der Waals surface area contributed by atoms with E-state index in [-0.39, 0.29) is 0 Å². The average molecular weight is 160 g/mol. The Labute approximate surface area is 67.5 Å². The lowest BCUT2D eigenvalue weighted by molar-refractivity contribution is 0.289. The van der Waals surface area contributed by atoms with Gasteiger partial charge in [0.15, 0.2) is 0 Å². The molecule has 1 aliphatic rings. The van der Waals surface area contributed by atoms with Crippen molar-refractivity contribution >= 4 is 11.8 Å². The van der Waals surface area contributed by atoms with Crippen LogP contribution < -0.4 is 0 Å². The van der Waals surface area contributed by atoms with Crippen LogP contribution in [0.25, 0.3) is 0 Å². The van der Waals surface area contributed by atoms with E-state index in [9.17, 15) is 0 Å². The highest BCUT2D eigenvalue weighted by Crippen LogP contribution is 2.39. The minimum Gasteiger partial charge on any atom is -0.358 e. The fraction of sp³-hybridized carbons (Fsp3) is 1.00. The first kappa shape index (κ1) is 8.41. The summed E-state index contributed by atoms with van der Waals surface area (Å²) in [6.07, 6.45) is 2.65. The van der Waals surface area contributed by atoms with Crippen LogP contribution in [0.3, 0.4) is 0 Å². The Morgan fingerprint density at radius 2 is 1.90 bits per heavy atom. The van der Waals surface area contributed by atoms with Gasteiger partial charge in [-0.05, 0) is 18.1 Å². The van der Waals surface area contributed by atoms with Crippen LogP contribution in [0, 0.1) is 11.8 Å². The predicted molar refractivity (Wildman–Crippen MR) is 46.2 cm³/mol. The van der Waals surface area contributed by atoms with Crippen molar-refractivity contribution < 1.29 is 4.74 Å². The van der Waals surface area contributed by atoms with Crippen molar-refractivity contribution in [2.45, 2.75) is 32.3 Å². The van der Waals surface area contributed by atoms with Gasteiger partial charge in [0.05, 0.1) is 6.10 Å². The quantitative estimate of drug-likeness (QED) is 0.588. The van der Waals surface area contributed by atoms with Crippen molar-refractivity contribution in [3.05, 3.63) is 0 Å². The third-order valence-electron chi connectivity index (χ3n) is 2.28. The maximum atomic E-state index is 5.45. The van der Waals surface area contributed by atoms with Crippen LogP contribution in [-0.4, -0.2) is 17.8 Å². The first-order chi connectivity index (χ1) is 4.66. The van der Waals surface area contributed by atoms with Crippen LogP contribution in [0.4, 0.5) is 0 Å². The third kappa shape index (κ3) is 1.67. The van der Waals surface area contributed by atoms with E-state index in [0.29, 0.717) is 11.5 Å². The van der Waals surface area contributed by atoms with Crippen LogP contribution in [-0.2, 0) is 4.74 Å². The largest absolute Gasteiger partial charge is 0.358 e. The fourth-order valence-electron chi connectivity index (χ4n) is 1.05. The minimum atomic E-state index is 0.498. The summed E-state index contributed by atoms with van der Waals surface area (Å²) in [5.74, 6) is 1.47. The molecule has 0 aromatic heterocycles. The molecule has 0 aliphatic carbocycles. The zero-order chi connectivity index (χ0) is 7.72. The van der Waals surface area contributed by atoms with Crippen LogP contribution in [0.1, 0.15) is 20.8 Å². The molecular weight excluding hydrogens is 144 g/mol. The molecule has 1 aliphatic heterocycles. The Morgan fingerprint density at radius 3 is 2.20 bits per heavy atom. The summed E-state index contributed by atoms with van der Waals surface area (Å²) in [4.78, 5) is 0. The molecule has 1 fully saturated rings. The van der Waals surface area contributed by atoms with Crippen LogP contribution >= 0.6 is 11.8 Å². The SMILES string of the molecule is CSC1OC1C(C)C(C)C. The maximum absolute atomic E-state index is 5.45. The zero-order valence-electron chi connectivity index (χ0n) is 7.13. The lowest BCUT2D eigenvalue weighted by Crippen LogP contribution is -2.12. The minimum absolute atomic E-state index is 0.498. The van der Waals surface area contributed by atoms with Gasteiger partial charge >= 0.3 is 0 Å². The van der Waals surface area contributed by atoms with E-state index in [1.165, 1.54) is 0 Å². The molecule has 1 heterocycles. The van der Waals surface area contributed by atoms with Gasteiger partial charge in [0, 0.05) is 0 Å². The Bertz CT molecular complexity index is 114. The second-order valence-electron chi connectivity index (χ2n) is 3.31. The standard InChI is InChI=1S/C8H16OS/c1-5(2)6(3)7-8(9-7)10-4/h5-8H,1-4H3. The van der Waals surface area contributed by atoms with Crippen molar-refractivity contribution in [1.29, 1.82) is 0 Å². The Balaban J connectivity index is 2.25. The monoisotopic (exact) mass is 160 g/mol. The molecule has 0 aromatic carbocycles. The van der Waals surface area contributed by atoms with Gasteiger partial charge < -0.3 is 4.74 Å². The molecule has 2 heteroatoms. The van der Waals surface area contributed by atoms with E-state index in [0.717, 1.165) is 11.8 Å². The Hall–Kier alpha value is 0.310. The molecule has 60 valence electrons. The molecule has 10 heavy (non-hydrogen) atoms. The summed E-state index contributed by atoms with van der Waals surface area (Å²) in [6, 6.07) is 0. The van der Waals surface area contributed by atoms with Gasteiger partial charge in [-0.1, -0.05) is 20.8 Å². The van der Waals surface area contributed by atoms with Gasteiger partial charge in [-0.2, -0.15) is 0 Å². The molecule has 0 bridgehead atoms. The Kier molecular flexibility index (Phi) is 2.64. The smallest absolute Gasteiger partial charge is 0.130 e. The summed E-state index contributed by atoms with van der Waals surface area (Å²) in [7, 11) is 0. The van der Waals surface area contributed by atoms with Crippen LogP contribution in [0.2, 0.25) is 0 Å². The summed E-state index contributed by atoms with van der Waals surface area (Å²) in [6.45, 7) is 6.78. The molecule has 0 spiro atoms. The van der Waals surface area contributed by atoms with E-state index in [1.54, 1.807) is 0 Å². The van der Waals surface area contributed by atoms with Gasteiger partial charge in [-0.15, -0.1) is 11.8 Å².